The fourth-order valence-electron chi connectivity index (χ4n) is 7.22. The predicted molar refractivity (Wildman–Crippen MR) is 252 cm³/mol. The van der Waals surface area contributed by atoms with Gasteiger partial charge >= 0.3 is 17.9 Å². The van der Waals surface area contributed by atoms with Crippen LogP contribution >= 0.6 is 0 Å². The molecule has 0 bridgehead atoms. The van der Waals surface area contributed by atoms with Gasteiger partial charge in [0, 0.05) is 19.3 Å². The highest BCUT2D eigenvalue weighted by Gasteiger charge is 2.19. The lowest BCUT2D eigenvalue weighted by Crippen LogP contribution is -2.30. The third-order valence-corrected chi connectivity index (χ3v) is 11.1. The van der Waals surface area contributed by atoms with E-state index in [0.29, 0.717) is 19.3 Å². The van der Waals surface area contributed by atoms with Crippen LogP contribution in [0.1, 0.15) is 265 Å². The monoisotopic (exact) mass is 829 g/mol. The lowest BCUT2D eigenvalue weighted by Gasteiger charge is -2.18. The summed E-state index contributed by atoms with van der Waals surface area (Å²) in [5.74, 6) is -0.885. The van der Waals surface area contributed by atoms with Crippen molar-refractivity contribution in [1.82, 2.24) is 0 Å². The number of esters is 3. The predicted octanol–water partition coefficient (Wildman–Crippen LogP) is 16.5. The Morgan fingerprint density at radius 2 is 0.627 bits per heavy atom. The molecule has 1 atom stereocenters. The van der Waals surface area contributed by atoms with Crippen LogP contribution in [0.3, 0.4) is 0 Å². The van der Waals surface area contributed by atoms with E-state index in [-0.39, 0.29) is 31.1 Å². The van der Waals surface area contributed by atoms with Crippen LogP contribution in [0.2, 0.25) is 0 Å². The van der Waals surface area contributed by atoms with Gasteiger partial charge in [0.15, 0.2) is 6.10 Å². The van der Waals surface area contributed by atoms with Crippen molar-refractivity contribution >= 4 is 17.9 Å². The van der Waals surface area contributed by atoms with Gasteiger partial charge in [0.25, 0.3) is 0 Å². The van der Waals surface area contributed by atoms with Gasteiger partial charge in [0.2, 0.25) is 0 Å². The summed E-state index contributed by atoms with van der Waals surface area (Å²) in [5, 5.41) is 0. The highest BCUT2D eigenvalue weighted by Crippen LogP contribution is 2.15. The Bertz CT molecular complexity index is 1000. The van der Waals surface area contributed by atoms with Crippen LogP contribution in [0.4, 0.5) is 0 Å². The molecule has 59 heavy (non-hydrogen) atoms. The van der Waals surface area contributed by atoms with E-state index in [0.717, 1.165) is 77.0 Å². The Kier molecular flexibility index (Phi) is 46.4. The lowest BCUT2D eigenvalue weighted by atomic mass is 10.0. The van der Waals surface area contributed by atoms with Crippen LogP contribution in [0.25, 0.3) is 0 Å². The first-order valence-electron chi connectivity index (χ1n) is 25.5. The Morgan fingerprint density at radius 1 is 0.339 bits per heavy atom. The van der Waals surface area contributed by atoms with Gasteiger partial charge in [-0.15, -0.1) is 0 Å². The molecule has 0 heterocycles. The standard InChI is InChI=1S/C53H96O6/c1-4-7-10-13-16-19-22-24-25-26-27-29-32-35-38-41-44-47-53(56)59-50(48-57-51(54)45-42-39-36-33-30-21-18-15-12-9-6-3)49-58-52(55)46-43-40-37-34-31-28-23-20-17-14-11-8-5-2/h15-16,18-19,24-25,50H,4-14,17,20-23,26-49H2,1-3H3/b18-15-,19-16-,25-24-/t50-/m1/s1. The second kappa shape index (κ2) is 48.3. The number of rotatable bonds is 46. The van der Waals surface area contributed by atoms with E-state index in [1.165, 1.54) is 148 Å². The SMILES string of the molecule is CCCC/C=C\CCCCCCCC(=O)OC[C@H](COC(=O)CCCCCCCCCCCCCCC)OC(=O)CCCCCCCCC/C=C\C/C=C\CCCCC. The number of carbonyl (C=O) groups is 3. The number of hydrogen-bond acceptors (Lipinski definition) is 6. The number of carbonyl (C=O) groups excluding carboxylic acids is 3. The van der Waals surface area contributed by atoms with E-state index < -0.39 is 6.10 Å². The molecule has 6 nitrogen and oxygen atoms in total. The molecule has 0 amide bonds. The molecule has 0 saturated carbocycles. The molecule has 0 N–H and O–H groups in total. The summed E-state index contributed by atoms with van der Waals surface area (Å²) >= 11 is 0. The molecule has 0 aromatic rings. The summed E-state index contributed by atoms with van der Waals surface area (Å²) in [6.45, 7) is 6.57. The molecule has 0 rings (SSSR count). The van der Waals surface area contributed by atoms with Gasteiger partial charge in [-0.3, -0.25) is 14.4 Å². The summed E-state index contributed by atoms with van der Waals surface area (Å²) in [7, 11) is 0. The molecule has 344 valence electrons. The minimum absolute atomic E-state index is 0.0753. The third kappa shape index (κ3) is 46.5. The smallest absolute Gasteiger partial charge is 0.306 e. The second-order valence-corrected chi connectivity index (χ2v) is 17.1. The van der Waals surface area contributed by atoms with Crippen LogP contribution in [-0.2, 0) is 28.6 Å². The first-order chi connectivity index (χ1) is 29.0. The molecule has 0 saturated heterocycles. The largest absolute Gasteiger partial charge is 0.462 e. The molecule has 0 fully saturated rings. The van der Waals surface area contributed by atoms with E-state index in [4.69, 9.17) is 14.2 Å². The first-order valence-corrected chi connectivity index (χ1v) is 25.5. The molecule has 6 heteroatoms. The van der Waals surface area contributed by atoms with Crippen molar-refractivity contribution in [2.75, 3.05) is 13.2 Å². The number of unbranched alkanes of at least 4 members (excludes halogenated alkanes) is 29. The van der Waals surface area contributed by atoms with Gasteiger partial charge in [-0.25, -0.2) is 0 Å². The highest BCUT2D eigenvalue weighted by molar-refractivity contribution is 5.71. The summed E-state index contributed by atoms with van der Waals surface area (Å²) in [5.41, 5.74) is 0. The van der Waals surface area contributed by atoms with Crippen molar-refractivity contribution < 1.29 is 28.6 Å². The zero-order valence-corrected chi connectivity index (χ0v) is 39.3. The molecular weight excluding hydrogens is 733 g/mol. The van der Waals surface area contributed by atoms with Gasteiger partial charge < -0.3 is 14.2 Å². The maximum atomic E-state index is 12.8. The zero-order valence-electron chi connectivity index (χ0n) is 39.3. The Hall–Kier alpha value is -2.37. The maximum Gasteiger partial charge on any atom is 0.306 e. The molecule has 0 aliphatic rings. The summed E-state index contributed by atoms with van der Waals surface area (Å²) in [6, 6.07) is 0. The molecule has 0 unspecified atom stereocenters. The van der Waals surface area contributed by atoms with Crippen molar-refractivity contribution in [3.63, 3.8) is 0 Å². The molecule has 0 aliphatic carbocycles. The van der Waals surface area contributed by atoms with Crippen LogP contribution in [0, 0.1) is 0 Å². The fraction of sp³-hybridized carbons (Fsp3) is 0.830. The van der Waals surface area contributed by atoms with E-state index in [1.807, 2.05) is 0 Å². The fourth-order valence-corrected chi connectivity index (χ4v) is 7.22. The van der Waals surface area contributed by atoms with E-state index >= 15 is 0 Å². The van der Waals surface area contributed by atoms with Gasteiger partial charge in [-0.1, -0.05) is 211 Å². The molecule has 0 aromatic carbocycles. The molecule has 0 spiro atoms. The highest BCUT2D eigenvalue weighted by atomic mass is 16.6. The quantitative estimate of drug-likeness (QED) is 0.0263. The average molecular weight is 829 g/mol. The van der Waals surface area contributed by atoms with Crippen LogP contribution in [-0.4, -0.2) is 37.2 Å². The van der Waals surface area contributed by atoms with Crippen molar-refractivity contribution in [2.24, 2.45) is 0 Å². The number of hydrogen-bond donors (Lipinski definition) is 0. The van der Waals surface area contributed by atoms with Gasteiger partial charge in [0.05, 0.1) is 0 Å². The third-order valence-electron chi connectivity index (χ3n) is 11.1. The Morgan fingerprint density at radius 3 is 1.03 bits per heavy atom. The van der Waals surface area contributed by atoms with E-state index in [9.17, 15) is 14.4 Å². The summed E-state index contributed by atoms with van der Waals surface area (Å²) in [4.78, 5) is 37.9. The molecule has 0 aromatic heterocycles. The lowest BCUT2D eigenvalue weighted by molar-refractivity contribution is -0.167. The Labute approximate surface area is 365 Å². The average Bonchev–Trinajstić information content (AvgIpc) is 3.23. The van der Waals surface area contributed by atoms with Crippen molar-refractivity contribution in [2.45, 2.75) is 271 Å². The topological polar surface area (TPSA) is 78.9 Å². The Balaban J connectivity index is 4.36. The van der Waals surface area contributed by atoms with Crippen LogP contribution in [0.5, 0.6) is 0 Å². The molecule has 0 aliphatic heterocycles. The van der Waals surface area contributed by atoms with Crippen molar-refractivity contribution in [3.05, 3.63) is 36.5 Å². The summed E-state index contributed by atoms with van der Waals surface area (Å²) < 4.78 is 16.8. The van der Waals surface area contributed by atoms with Crippen LogP contribution < -0.4 is 0 Å². The number of allylic oxidation sites excluding steroid dienone is 6. The van der Waals surface area contributed by atoms with Gasteiger partial charge in [-0.2, -0.15) is 0 Å². The molecule has 0 radical (unpaired) electrons. The van der Waals surface area contributed by atoms with E-state index in [1.54, 1.807) is 0 Å². The minimum atomic E-state index is -0.775. The second-order valence-electron chi connectivity index (χ2n) is 17.1. The normalized spacial score (nSPS) is 12.3. The van der Waals surface area contributed by atoms with Crippen molar-refractivity contribution in [3.8, 4) is 0 Å². The first kappa shape index (κ1) is 56.6. The zero-order chi connectivity index (χ0) is 43.0. The van der Waals surface area contributed by atoms with Gasteiger partial charge in [-0.05, 0) is 70.6 Å². The maximum absolute atomic E-state index is 12.8. The number of ether oxygens (including phenoxy) is 3. The van der Waals surface area contributed by atoms with Crippen molar-refractivity contribution in [1.29, 1.82) is 0 Å². The minimum Gasteiger partial charge on any atom is -0.462 e. The molecular formula is C53H96O6. The van der Waals surface area contributed by atoms with Gasteiger partial charge in [0.1, 0.15) is 13.2 Å². The summed E-state index contributed by atoms with van der Waals surface area (Å²) in [6.07, 6.45) is 55.5. The van der Waals surface area contributed by atoms with Crippen LogP contribution in [0.15, 0.2) is 36.5 Å². The van der Waals surface area contributed by atoms with E-state index in [2.05, 4.69) is 57.2 Å².